The average Bonchev–Trinajstić information content (AvgIpc) is 2.95. The molecule has 0 bridgehead atoms. The quantitative estimate of drug-likeness (QED) is 0.578. The van der Waals surface area contributed by atoms with Gasteiger partial charge in [-0.25, -0.2) is 0 Å². The van der Waals surface area contributed by atoms with Crippen LogP contribution in [-0.4, -0.2) is 28.7 Å². The lowest BCUT2D eigenvalue weighted by Gasteiger charge is -2.05. The third kappa shape index (κ3) is 2.58. The number of anilines is 1. The first kappa shape index (κ1) is 13.9. The van der Waals surface area contributed by atoms with Crippen molar-refractivity contribution in [3.63, 3.8) is 0 Å². The maximum absolute atomic E-state index is 5.89. The summed E-state index contributed by atoms with van der Waals surface area (Å²) < 4.78 is 10.7. The van der Waals surface area contributed by atoms with Gasteiger partial charge in [0.1, 0.15) is 29.1 Å². The Kier molecular flexibility index (Phi) is 3.65. The van der Waals surface area contributed by atoms with E-state index in [9.17, 15) is 0 Å². The summed E-state index contributed by atoms with van der Waals surface area (Å²) in [6, 6.07) is 11.0. The number of nitrogens with zero attached hydrogens (tertiary/aromatic N) is 3. The number of aromatic nitrogens is 3. The molecule has 0 amide bonds. The normalized spacial score (nSPS) is 10.6. The van der Waals surface area contributed by atoms with Gasteiger partial charge in [-0.05, 0) is 18.2 Å². The van der Waals surface area contributed by atoms with Crippen LogP contribution in [0.25, 0.3) is 16.7 Å². The van der Waals surface area contributed by atoms with E-state index in [0.717, 1.165) is 11.4 Å². The zero-order valence-corrected chi connectivity index (χ0v) is 12.2. The molecule has 0 atom stereocenters. The fraction of sp³-hybridized carbons (Fsp3) is 0.125. The lowest BCUT2D eigenvalue weighted by Crippen LogP contribution is -1.99. The topological polar surface area (TPSA) is 75.2 Å². The lowest BCUT2D eigenvalue weighted by molar-refractivity contribution is 0.363. The van der Waals surface area contributed by atoms with Crippen LogP contribution < -0.4 is 15.2 Å². The molecule has 2 N–H and O–H groups in total. The molecule has 1 heterocycles. The van der Waals surface area contributed by atoms with E-state index >= 15 is 0 Å². The van der Waals surface area contributed by atoms with Crippen molar-refractivity contribution in [2.45, 2.75) is 0 Å². The first-order valence-corrected chi connectivity index (χ1v) is 6.76. The van der Waals surface area contributed by atoms with Gasteiger partial charge in [-0.3, -0.25) is 0 Å². The zero-order valence-electron chi connectivity index (χ0n) is 12.2. The summed E-state index contributed by atoms with van der Waals surface area (Å²) in [4.78, 5) is 1.55. The van der Waals surface area contributed by atoms with Gasteiger partial charge in [0, 0.05) is 12.1 Å². The molecule has 6 heteroatoms. The molecule has 2 aromatic carbocycles. The molecule has 22 heavy (non-hydrogen) atoms. The number of hydrogen-bond donors (Lipinski definition) is 1. The molecule has 0 radical (unpaired) electrons. The molecule has 0 saturated heterocycles. The molecule has 0 saturated carbocycles. The zero-order chi connectivity index (χ0) is 15.5. The highest BCUT2D eigenvalue weighted by molar-refractivity contribution is 5.81. The van der Waals surface area contributed by atoms with Gasteiger partial charge in [-0.2, -0.15) is 4.80 Å². The fourth-order valence-corrected chi connectivity index (χ4v) is 2.11. The second-order valence-electron chi connectivity index (χ2n) is 4.67. The van der Waals surface area contributed by atoms with Crippen molar-refractivity contribution in [2.24, 2.45) is 0 Å². The van der Waals surface area contributed by atoms with Gasteiger partial charge in [0.2, 0.25) is 0 Å². The van der Waals surface area contributed by atoms with Crippen LogP contribution in [0.5, 0.6) is 11.5 Å². The Bertz CT molecular complexity index is 826. The van der Waals surface area contributed by atoms with Crippen LogP contribution in [0.2, 0.25) is 0 Å². The predicted molar refractivity (Wildman–Crippen MR) is 85.5 cm³/mol. The minimum atomic E-state index is 0.450. The Morgan fingerprint density at radius 3 is 2.73 bits per heavy atom. The van der Waals surface area contributed by atoms with Crippen LogP contribution in [0, 0.1) is 0 Å². The van der Waals surface area contributed by atoms with Crippen molar-refractivity contribution in [1.29, 1.82) is 0 Å². The number of fused-ring (bicyclic) bond motifs is 1. The molecule has 0 aliphatic carbocycles. The molecular formula is C16H16N4O2. The molecular weight excluding hydrogens is 280 g/mol. The van der Waals surface area contributed by atoms with Gasteiger partial charge in [0.15, 0.2) is 0 Å². The maximum Gasteiger partial charge on any atom is 0.144 e. The number of rotatable bonds is 5. The minimum Gasteiger partial charge on any atom is -0.495 e. The SMILES string of the molecule is C=CCOc1cccc(-n2nc3cc(N)c(OC)cc3n2)c1. The lowest BCUT2D eigenvalue weighted by atomic mass is 10.2. The minimum absolute atomic E-state index is 0.450. The molecule has 3 aromatic rings. The van der Waals surface area contributed by atoms with Crippen molar-refractivity contribution in [2.75, 3.05) is 19.5 Å². The molecule has 1 aromatic heterocycles. The smallest absolute Gasteiger partial charge is 0.144 e. The number of nitrogens with two attached hydrogens (primary N) is 1. The number of hydrogen-bond acceptors (Lipinski definition) is 5. The van der Waals surface area contributed by atoms with Crippen LogP contribution in [0.3, 0.4) is 0 Å². The summed E-state index contributed by atoms with van der Waals surface area (Å²) >= 11 is 0. The Morgan fingerprint density at radius 1 is 1.23 bits per heavy atom. The van der Waals surface area contributed by atoms with Gasteiger partial charge in [-0.15, -0.1) is 10.2 Å². The second-order valence-corrected chi connectivity index (χ2v) is 4.67. The standard InChI is InChI=1S/C16H16N4O2/c1-3-7-22-12-6-4-5-11(8-12)20-18-14-9-13(17)16(21-2)10-15(14)19-20/h3-6,8-10H,1,7,17H2,2H3. The third-order valence-electron chi connectivity index (χ3n) is 3.15. The molecule has 3 rings (SSSR count). The first-order chi connectivity index (χ1) is 10.7. The van der Waals surface area contributed by atoms with Gasteiger partial charge < -0.3 is 15.2 Å². The van der Waals surface area contributed by atoms with Crippen LogP contribution in [0.1, 0.15) is 0 Å². The molecule has 0 fully saturated rings. The Balaban J connectivity index is 2.01. The highest BCUT2D eigenvalue weighted by Crippen LogP contribution is 2.26. The monoisotopic (exact) mass is 296 g/mol. The predicted octanol–water partition coefficient (Wildman–Crippen LogP) is 2.58. The summed E-state index contributed by atoms with van der Waals surface area (Å²) in [5, 5.41) is 8.88. The van der Waals surface area contributed by atoms with Crippen LogP contribution >= 0.6 is 0 Å². The largest absolute Gasteiger partial charge is 0.495 e. The molecule has 0 aliphatic heterocycles. The van der Waals surface area contributed by atoms with Crippen LogP contribution in [-0.2, 0) is 0 Å². The Morgan fingerprint density at radius 2 is 2.00 bits per heavy atom. The van der Waals surface area contributed by atoms with E-state index in [1.165, 1.54) is 0 Å². The van der Waals surface area contributed by atoms with Crippen molar-refractivity contribution in [3.8, 4) is 17.2 Å². The van der Waals surface area contributed by atoms with Crippen molar-refractivity contribution in [3.05, 3.63) is 49.1 Å². The molecule has 0 spiro atoms. The number of ether oxygens (including phenoxy) is 2. The van der Waals surface area contributed by atoms with E-state index in [2.05, 4.69) is 16.8 Å². The van der Waals surface area contributed by atoms with E-state index in [4.69, 9.17) is 15.2 Å². The van der Waals surface area contributed by atoms with E-state index in [0.29, 0.717) is 29.1 Å². The van der Waals surface area contributed by atoms with E-state index in [1.807, 2.05) is 24.3 Å². The highest BCUT2D eigenvalue weighted by Gasteiger charge is 2.09. The van der Waals surface area contributed by atoms with Gasteiger partial charge in [-0.1, -0.05) is 18.7 Å². The van der Waals surface area contributed by atoms with Crippen molar-refractivity contribution >= 4 is 16.7 Å². The van der Waals surface area contributed by atoms with Gasteiger partial charge >= 0.3 is 0 Å². The van der Waals surface area contributed by atoms with Crippen LogP contribution in [0.4, 0.5) is 5.69 Å². The number of benzene rings is 2. The summed E-state index contributed by atoms with van der Waals surface area (Å²) in [6.45, 7) is 4.08. The fourth-order valence-electron chi connectivity index (χ4n) is 2.11. The van der Waals surface area contributed by atoms with E-state index in [-0.39, 0.29) is 0 Å². The van der Waals surface area contributed by atoms with Crippen molar-refractivity contribution < 1.29 is 9.47 Å². The van der Waals surface area contributed by atoms with Gasteiger partial charge in [0.25, 0.3) is 0 Å². The molecule has 6 nitrogen and oxygen atoms in total. The second kappa shape index (κ2) is 5.77. The van der Waals surface area contributed by atoms with Crippen LogP contribution in [0.15, 0.2) is 49.1 Å². The summed E-state index contributed by atoms with van der Waals surface area (Å²) in [5.74, 6) is 1.32. The maximum atomic E-state index is 5.89. The van der Waals surface area contributed by atoms with E-state index < -0.39 is 0 Å². The van der Waals surface area contributed by atoms with E-state index in [1.54, 1.807) is 30.1 Å². The van der Waals surface area contributed by atoms with Gasteiger partial charge in [0.05, 0.1) is 18.5 Å². The van der Waals surface area contributed by atoms with Crippen molar-refractivity contribution in [1.82, 2.24) is 15.0 Å². The summed E-state index contributed by atoms with van der Waals surface area (Å²) in [6.07, 6.45) is 1.70. The molecule has 0 unspecified atom stereocenters. The molecule has 0 aliphatic rings. The third-order valence-corrected chi connectivity index (χ3v) is 3.15. The summed E-state index contributed by atoms with van der Waals surface area (Å²) in [7, 11) is 1.57. The first-order valence-electron chi connectivity index (χ1n) is 6.76. The molecule has 112 valence electrons. The average molecular weight is 296 g/mol. The Labute approximate surface area is 127 Å². The highest BCUT2D eigenvalue weighted by atomic mass is 16.5. The summed E-state index contributed by atoms with van der Waals surface area (Å²) in [5.41, 5.74) is 8.64. The Hall–Kier alpha value is -3.02. The number of methoxy groups -OCH3 is 1. The number of nitrogen functional groups attached to an aromatic ring is 1.